The lowest BCUT2D eigenvalue weighted by Gasteiger charge is -2.38. The van der Waals surface area contributed by atoms with Crippen LogP contribution in [0.3, 0.4) is 0 Å². The molecular weight excluding hydrogens is 585 g/mol. The summed E-state index contributed by atoms with van der Waals surface area (Å²) in [5, 5.41) is 10.9. The number of amides is 1. The molecule has 1 amide bonds. The predicted octanol–water partition coefficient (Wildman–Crippen LogP) is 5.45. The Bertz CT molecular complexity index is 1500. The molecule has 0 radical (unpaired) electrons. The number of halogens is 2. The summed E-state index contributed by atoms with van der Waals surface area (Å²) in [6, 6.07) is 16.4. The molecule has 0 aromatic heterocycles. The van der Waals surface area contributed by atoms with Crippen molar-refractivity contribution in [2.45, 2.75) is 44.4 Å². The van der Waals surface area contributed by atoms with Crippen molar-refractivity contribution in [3.05, 3.63) is 87.4 Å². The molecule has 2 N–H and O–H groups in total. The third-order valence-electron chi connectivity index (χ3n) is 7.19. The fourth-order valence-corrected chi connectivity index (χ4v) is 6.17. The Kier molecular flexibility index (Phi) is 9.87. The number of anilines is 1. The minimum absolute atomic E-state index is 0.0969. The van der Waals surface area contributed by atoms with Crippen LogP contribution in [0, 0.1) is 12.8 Å². The molecule has 0 aliphatic carbocycles. The number of para-hydroxylation sites is 1. The monoisotopic (exact) mass is 619 g/mol. The molecule has 4 rings (SSSR count). The Morgan fingerprint density at radius 2 is 1.83 bits per heavy atom. The van der Waals surface area contributed by atoms with Crippen LogP contribution in [0.15, 0.2) is 65.6 Å². The fraction of sp³-hybridized carbons (Fsp3) is 0.367. The smallest absolute Gasteiger partial charge is 0.262 e. The molecule has 0 spiro atoms. The van der Waals surface area contributed by atoms with Crippen LogP contribution in [-0.4, -0.2) is 68.1 Å². The molecule has 0 unspecified atom stereocenters. The minimum Gasteiger partial charge on any atom is -0.486 e. The van der Waals surface area contributed by atoms with Crippen LogP contribution >= 0.6 is 23.2 Å². The van der Waals surface area contributed by atoms with E-state index in [2.05, 4.69) is 9.62 Å². The molecule has 11 heteroatoms. The summed E-state index contributed by atoms with van der Waals surface area (Å²) in [5.74, 6) is -0.339. The molecule has 8 nitrogen and oxygen atoms in total. The summed E-state index contributed by atoms with van der Waals surface area (Å²) in [4.78, 5) is 17.5. The van der Waals surface area contributed by atoms with Crippen molar-refractivity contribution < 1.29 is 23.1 Å². The Morgan fingerprint density at radius 3 is 2.49 bits per heavy atom. The van der Waals surface area contributed by atoms with E-state index >= 15 is 0 Å². The van der Waals surface area contributed by atoms with Crippen LogP contribution in [-0.2, 0) is 16.6 Å². The van der Waals surface area contributed by atoms with E-state index in [0.29, 0.717) is 29.7 Å². The van der Waals surface area contributed by atoms with Gasteiger partial charge in [-0.2, -0.15) is 0 Å². The van der Waals surface area contributed by atoms with Gasteiger partial charge in [0.1, 0.15) is 6.10 Å². The normalized spacial score (nSPS) is 18.3. The third-order valence-corrected chi connectivity index (χ3v) is 9.32. The van der Waals surface area contributed by atoms with Gasteiger partial charge in [-0.3, -0.25) is 14.4 Å². The lowest BCUT2D eigenvalue weighted by molar-refractivity contribution is 0.0344. The van der Waals surface area contributed by atoms with Crippen LogP contribution in [0.25, 0.3) is 0 Å². The van der Waals surface area contributed by atoms with Gasteiger partial charge >= 0.3 is 0 Å². The van der Waals surface area contributed by atoms with Gasteiger partial charge in [0.15, 0.2) is 5.75 Å². The van der Waals surface area contributed by atoms with Crippen molar-refractivity contribution in [2.24, 2.45) is 5.92 Å². The van der Waals surface area contributed by atoms with E-state index in [0.717, 1.165) is 11.1 Å². The third kappa shape index (κ3) is 7.34. The largest absolute Gasteiger partial charge is 0.486 e. The predicted molar refractivity (Wildman–Crippen MR) is 162 cm³/mol. The van der Waals surface area contributed by atoms with Gasteiger partial charge in [0.2, 0.25) is 0 Å². The van der Waals surface area contributed by atoms with Gasteiger partial charge in [-0.15, -0.1) is 0 Å². The van der Waals surface area contributed by atoms with Crippen molar-refractivity contribution in [1.29, 1.82) is 0 Å². The van der Waals surface area contributed by atoms with Crippen LogP contribution < -0.4 is 9.46 Å². The van der Waals surface area contributed by atoms with Crippen molar-refractivity contribution in [2.75, 3.05) is 31.5 Å². The number of hydrogen-bond donors (Lipinski definition) is 2. The Hall–Kier alpha value is -2.82. The number of carbonyl (C=O) groups excluding carboxylic acids is 1. The number of hydrogen-bond acceptors (Lipinski definition) is 6. The van der Waals surface area contributed by atoms with Gasteiger partial charge in [0.05, 0.1) is 38.8 Å². The first kappa shape index (κ1) is 31.1. The average Bonchev–Trinajstić information content (AvgIpc) is 2.92. The minimum atomic E-state index is -3.97. The van der Waals surface area contributed by atoms with E-state index < -0.39 is 22.2 Å². The molecule has 1 heterocycles. The van der Waals surface area contributed by atoms with E-state index in [1.54, 1.807) is 48.2 Å². The molecule has 0 saturated heterocycles. The number of nitrogens with one attached hydrogen (secondary N) is 1. The first-order chi connectivity index (χ1) is 19.4. The van der Waals surface area contributed by atoms with Crippen molar-refractivity contribution in [3.8, 4) is 5.75 Å². The second kappa shape index (κ2) is 13.0. The second-order valence-corrected chi connectivity index (χ2v) is 13.2. The Balaban J connectivity index is 1.70. The zero-order valence-electron chi connectivity index (χ0n) is 23.5. The molecule has 1 aliphatic rings. The van der Waals surface area contributed by atoms with Crippen molar-refractivity contribution in [3.63, 3.8) is 0 Å². The molecule has 41 heavy (non-hydrogen) atoms. The summed E-state index contributed by atoms with van der Waals surface area (Å²) >= 11 is 12.3. The Labute approximate surface area is 251 Å². The standard InChI is InChI=1S/C30H35Cl2N3O5S/c1-19-8-11-23(12-9-19)41(38,39)33-27-7-5-6-24-29(27)40-28(20(2)15-35(30(24)37)21(3)18-36)17-34(4)16-22-10-13-25(31)26(32)14-22/h5-14,20-21,28,33,36H,15-18H2,1-4H3/t20-,21-,28-/m1/s1. The molecule has 3 atom stereocenters. The van der Waals surface area contributed by atoms with Crippen molar-refractivity contribution in [1.82, 2.24) is 9.80 Å². The molecule has 3 aromatic rings. The maximum absolute atomic E-state index is 13.7. The number of sulfonamides is 1. The van der Waals surface area contributed by atoms with Crippen LogP contribution in [0.2, 0.25) is 10.0 Å². The van der Waals surface area contributed by atoms with Crippen LogP contribution in [0.4, 0.5) is 5.69 Å². The SMILES string of the molecule is Cc1ccc(S(=O)(=O)Nc2cccc3c2O[C@H](CN(C)Cc2ccc(Cl)c(Cl)c2)[C@H](C)CN([C@H](C)CO)C3=O)cc1. The van der Waals surface area contributed by atoms with Gasteiger partial charge in [-0.05, 0) is 62.9 Å². The molecular formula is C30H35Cl2N3O5S. The number of fused-ring (bicyclic) bond motifs is 1. The van der Waals surface area contributed by atoms with E-state index in [1.807, 2.05) is 33.0 Å². The number of aliphatic hydroxyl groups excluding tert-OH is 1. The van der Waals surface area contributed by atoms with Gasteiger partial charge in [-0.25, -0.2) is 8.42 Å². The van der Waals surface area contributed by atoms with E-state index in [-0.39, 0.29) is 40.3 Å². The topological polar surface area (TPSA) is 99.2 Å². The van der Waals surface area contributed by atoms with Gasteiger partial charge < -0.3 is 14.7 Å². The first-order valence-corrected chi connectivity index (χ1v) is 15.6. The number of aryl methyl sites for hydroxylation is 1. The molecule has 0 saturated carbocycles. The highest BCUT2D eigenvalue weighted by molar-refractivity contribution is 7.92. The maximum atomic E-state index is 13.7. The summed E-state index contributed by atoms with van der Waals surface area (Å²) in [5.41, 5.74) is 2.29. The quantitative estimate of drug-likeness (QED) is 0.330. The van der Waals surface area contributed by atoms with E-state index in [9.17, 15) is 18.3 Å². The van der Waals surface area contributed by atoms with Crippen LogP contribution in [0.5, 0.6) is 5.75 Å². The maximum Gasteiger partial charge on any atom is 0.262 e. The van der Waals surface area contributed by atoms with Gasteiger partial charge in [-0.1, -0.05) is 60.0 Å². The van der Waals surface area contributed by atoms with E-state index in [4.69, 9.17) is 27.9 Å². The highest BCUT2D eigenvalue weighted by atomic mass is 35.5. The molecule has 0 bridgehead atoms. The number of carbonyl (C=O) groups is 1. The highest BCUT2D eigenvalue weighted by Crippen LogP contribution is 2.36. The number of rotatable bonds is 9. The number of nitrogens with zero attached hydrogens (tertiary/aromatic N) is 2. The summed E-state index contributed by atoms with van der Waals surface area (Å²) in [7, 11) is -2.02. The highest BCUT2D eigenvalue weighted by Gasteiger charge is 2.35. The van der Waals surface area contributed by atoms with Crippen LogP contribution in [0.1, 0.15) is 35.3 Å². The second-order valence-electron chi connectivity index (χ2n) is 10.7. The fourth-order valence-electron chi connectivity index (χ4n) is 4.78. The molecule has 220 valence electrons. The molecule has 0 fully saturated rings. The van der Waals surface area contributed by atoms with E-state index in [1.165, 1.54) is 12.1 Å². The molecule has 3 aromatic carbocycles. The summed E-state index contributed by atoms with van der Waals surface area (Å²) in [6.07, 6.45) is -0.423. The molecule has 1 aliphatic heterocycles. The Morgan fingerprint density at radius 1 is 1.12 bits per heavy atom. The lowest BCUT2D eigenvalue weighted by atomic mass is 9.99. The zero-order chi connectivity index (χ0) is 29.9. The summed E-state index contributed by atoms with van der Waals surface area (Å²) in [6.45, 7) is 6.81. The number of aliphatic hydroxyl groups is 1. The lowest BCUT2D eigenvalue weighted by Crippen LogP contribution is -2.49. The zero-order valence-corrected chi connectivity index (χ0v) is 25.8. The van der Waals surface area contributed by atoms with Gasteiger partial charge in [0, 0.05) is 25.6 Å². The first-order valence-electron chi connectivity index (χ1n) is 13.3. The van der Waals surface area contributed by atoms with Gasteiger partial charge in [0.25, 0.3) is 15.9 Å². The number of ether oxygens (including phenoxy) is 1. The number of benzene rings is 3. The summed E-state index contributed by atoms with van der Waals surface area (Å²) < 4.78 is 35.8. The average molecular weight is 621 g/mol. The number of likely N-dealkylation sites (N-methyl/N-ethyl adjacent to an activating group) is 1. The van der Waals surface area contributed by atoms with Crippen molar-refractivity contribution >= 4 is 44.8 Å².